The van der Waals surface area contributed by atoms with Gasteiger partial charge in [-0.1, -0.05) is 12.1 Å². The van der Waals surface area contributed by atoms with Gasteiger partial charge in [-0.3, -0.25) is 4.79 Å². The minimum absolute atomic E-state index is 0.0601. The lowest BCUT2D eigenvalue weighted by Gasteiger charge is -2.36. The molecule has 1 fully saturated rings. The van der Waals surface area contributed by atoms with Crippen molar-refractivity contribution in [1.29, 1.82) is 5.26 Å². The molecule has 1 aromatic carbocycles. The molecule has 0 aliphatic carbocycles. The third-order valence-corrected chi connectivity index (χ3v) is 3.52. The number of carbonyl (C=O) groups is 1. The van der Waals surface area contributed by atoms with E-state index < -0.39 is 0 Å². The number of nitrogen functional groups attached to an aromatic ring is 1. The van der Waals surface area contributed by atoms with Gasteiger partial charge in [-0.2, -0.15) is 5.26 Å². The van der Waals surface area contributed by atoms with Crippen molar-refractivity contribution in [1.82, 2.24) is 4.90 Å². The number of hydrogen-bond acceptors (Lipinski definition) is 3. The molecule has 1 aromatic rings. The standard InChI is InChI=1S/C14H17N3O/c1-10-6-7-11(8-15)9-17(10)14(18)12-4-2-3-5-13(12)16/h2-5,10-11H,6-7,9,16H2,1H3/t10-,11+/m1/s1. The Labute approximate surface area is 107 Å². The summed E-state index contributed by atoms with van der Waals surface area (Å²) in [6.45, 7) is 2.52. The number of likely N-dealkylation sites (tertiary alicyclic amines) is 1. The zero-order chi connectivity index (χ0) is 13.1. The first-order valence-electron chi connectivity index (χ1n) is 6.18. The Bertz CT molecular complexity index is 492. The molecule has 0 saturated carbocycles. The maximum absolute atomic E-state index is 12.4. The first-order valence-corrected chi connectivity index (χ1v) is 6.18. The molecule has 4 heteroatoms. The first-order chi connectivity index (χ1) is 8.63. The van der Waals surface area contributed by atoms with Crippen molar-refractivity contribution in [2.75, 3.05) is 12.3 Å². The molecular formula is C14H17N3O. The summed E-state index contributed by atoms with van der Waals surface area (Å²) in [6.07, 6.45) is 1.74. The van der Waals surface area contributed by atoms with Crippen molar-refractivity contribution >= 4 is 11.6 Å². The molecule has 2 N–H and O–H groups in total. The SMILES string of the molecule is C[C@@H]1CC[C@@H](C#N)CN1C(=O)c1ccccc1N. The maximum Gasteiger partial charge on any atom is 0.256 e. The lowest BCUT2D eigenvalue weighted by molar-refractivity contribution is 0.0598. The molecule has 0 aromatic heterocycles. The highest BCUT2D eigenvalue weighted by atomic mass is 16.2. The quantitative estimate of drug-likeness (QED) is 0.767. The Morgan fingerprint density at radius 1 is 1.44 bits per heavy atom. The number of amides is 1. The Hall–Kier alpha value is -2.02. The van der Waals surface area contributed by atoms with Crippen LogP contribution < -0.4 is 5.73 Å². The zero-order valence-electron chi connectivity index (χ0n) is 10.5. The van der Waals surface area contributed by atoms with Crippen LogP contribution in [0.2, 0.25) is 0 Å². The number of nitrogens with two attached hydrogens (primary N) is 1. The van der Waals surface area contributed by atoms with Gasteiger partial charge in [-0.05, 0) is 31.9 Å². The van der Waals surface area contributed by atoms with Crippen LogP contribution in [-0.4, -0.2) is 23.4 Å². The zero-order valence-corrected chi connectivity index (χ0v) is 10.5. The summed E-state index contributed by atoms with van der Waals surface area (Å²) in [5.74, 6) is -0.129. The van der Waals surface area contributed by atoms with Crippen molar-refractivity contribution in [3.8, 4) is 6.07 Å². The van der Waals surface area contributed by atoms with Crippen molar-refractivity contribution in [2.24, 2.45) is 5.92 Å². The van der Waals surface area contributed by atoms with Gasteiger partial charge >= 0.3 is 0 Å². The number of nitriles is 1. The van der Waals surface area contributed by atoms with Crippen molar-refractivity contribution < 1.29 is 4.79 Å². The van der Waals surface area contributed by atoms with E-state index in [0.29, 0.717) is 17.8 Å². The lowest BCUT2D eigenvalue weighted by Crippen LogP contribution is -2.45. The maximum atomic E-state index is 12.4. The van der Waals surface area contributed by atoms with Gasteiger partial charge in [-0.25, -0.2) is 0 Å². The van der Waals surface area contributed by atoms with Gasteiger partial charge in [0.25, 0.3) is 5.91 Å². The normalized spacial score (nSPS) is 23.4. The van der Waals surface area contributed by atoms with Gasteiger partial charge in [0.1, 0.15) is 0 Å². The molecule has 0 spiro atoms. The van der Waals surface area contributed by atoms with Gasteiger partial charge in [0, 0.05) is 18.3 Å². The molecule has 0 unspecified atom stereocenters. The van der Waals surface area contributed by atoms with E-state index in [1.54, 1.807) is 23.1 Å². The fraction of sp³-hybridized carbons (Fsp3) is 0.429. The van der Waals surface area contributed by atoms with Crippen molar-refractivity contribution in [3.63, 3.8) is 0 Å². The number of rotatable bonds is 1. The van der Waals surface area contributed by atoms with E-state index >= 15 is 0 Å². The number of carbonyl (C=O) groups excluding carboxylic acids is 1. The van der Waals surface area contributed by atoms with Crippen molar-refractivity contribution in [3.05, 3.63) is 29.8 Å². The van der Waals surface area contributed by atoms with Gasteiger partial charge in [0.15, 0.2) is 0 Å². The average Bonchev–Trinajstić information content (AvgIpc) is 2.39. The molecule has 2 atom stereocenters. The number of hydrogen-bond donors (Lipinski definition) is 1. The van der Waals surface area contributed by atoms with Crippen LogP contribution in [0.1, 0.15) is 30.1 Å². The van der Waals surface area contributed by atoms with Crippen LogP contribution in [0, 0.1) is 17.2 Å². The fourth-order valence-electron chi connectivity index (χ4n) is 2.34. The molecule has 1 heterocycles. The highest BCUT2D eigenvalue weighted by Gasteiger charge is 2.30. The topological polar surface area (TPSA) is 70.1 Å². The molecule has 1 saturated heterocycles. The van der Waals surface area contributed by atoms with Crippen LogP contribution in [0.4, 0.5) is 5.69 Å². The van der Waals surface area contributed by atoms with Gasteiger partial charge in [-0.15, -0.1) is 0 Å². The molecule has 1 aliphatic rings. The summed E-state index contributed by atoms with van der Waals surface area (Å²) >= 11 is 0. The van der Waals surface area contributed by atoms with E-state index in [1.165, 1.54) is 0 Å². The summed E-state index contributed by atoms with van der Waals surface area (Å²) in [6, 6.07) is 9.50. The summed E-state index contributed by atoms with van der Waals surface area (Å²) in [5, 5.41) is 8.99. The molecule has 18 heavy (non-hydrogen) atoms. The largest absolute Gasteiger partial charge is 0.398 e. The highest BCUT2D eigenvalue weighted by Crippen LogP contribution is 2.24. The van der Waals surface area contributed by atoms with Crippen LogP contribution in [0.3, 0.4) is 0 Å². The smallest absolute Gasteiger partial charge is 0.256 e. The third-order valence-electron chi connectivity index (χ3n) is 3.52. The van der Waals surface area contributed by atoms with Gasteiger partial charge in [0.05, 0.1) is 17.6 Å². The Kier molecular flexibility index (Phi) is 3.52. The van der Waals surface area contributed by atoms with Crippen LogP contribution in [-0.2, 0) is 0 Å². The number of anilines is 1. The van der Waals surface area contributed by atoms with E-state index in [2.05, 4.69) is 6.07 Å². The first kappa shape index (κ1) is 12.4. The van der Waals surface area contributed by atoms with E-state index in [9.17, 15) is 4.79 Å². The Morgan fingerprint density at radius 3 is 2.83 bits per heavy atom. The van der Waals surface area contributed by atoms with Crippen LogP contribution in [0.5, 0.6) is 0 Å². The molecule has 4 nitrogen and oxygen atoms in total. The third kappa shape index (κ3) is 2.30. The Morgan fingerprint density at radius 2 is 2.17 bits per heavy atom. The highest BCUT2D eigenvalue weighted by molar-refractivity contribution is 5.99. The molecule has 1 amide bonds. The molecule has 0 bridgehead atoms. The van der Waals surface area contributed by atoms with E-state index in [-0.39, 0.29) is 17.9 Å². The summed E-state index contributed by atoms with van der Waals surface area (Å²) in [7, 11) is 0. The summed E-state index contributed by atoms with van der Waals surface area (Å²) in [4.78, 5) is 14.2. The molecule has 0 radical (unpaired) electrons. The minimum Gasteiger partial charge on any atom is -0.398 e. The van der Waals surface area contributed by atoms with E-state index in [0.717, 1.165) is 12.8 Å². The second-order valence-electron chi connectivity index (χ2n) is 4.80. The summed E-state index contributed by atoms with van der Waals surface area (Å²) in [5.41, 5.74) is 6.85. The Balaban J connectivity index is 2.23. The number of piperidine rings is 1. The molecular weight excluding hydrogens is 226 g/mol. The van der Waals surface area contributed by atoms with Gasteiger partial charge in [0.2, 0.25) is 0 Å². The fourth-order valence-corrected chi connectivity index (χ4v) is 2.34. The molecule has 2 rings (SSSR count). The van der Waals surface area contributed by atoms with Crippen LogP contribution >= 0.6 is 0 Å². The lowest BCUT2D eigenvalue weighted by atomic mass is 9.94. The van der Waals surface area contributed by atoms with Crippen LogP contribution in [0.25, 0.3) is 0 Å². The average molecular weight is 243 g/mol. The second kappa shape index (κ2) is 5.09. The van der Waals surface area contributed by atoms with Gasteiger partial charge < -0.3 is 10.6 Å². The number of nitrogens with zero attached hydrogens (tertiary/aromatic N) is 2. The number of benzene rings is 1. The van der Waals surface area contributed by atoms with E-state index in [1.807, 2.05) is 13.0 Å². The van der Waals surface area contributed by atoms with E-state index in [4.69, 9.17) is 11.0 Å². The summed E-state index contributed by atoms with van der Waals surface area (Å²) < 4.78 is 0. The monoisotopic (exact) mass is 243 g/mol. The second-order valence-corrected chi connectivity index (χ2v) is 4.80. The molecule has 94 valence electrons. The van der Waals surface area contributed by atoms with Crippen LogP contribution in [0.15, 0.2) is 24.3 Å². The minimum atomic E-state index is -0.0689. The number of para-hydroxylation sites is 1. The molecule has 1 aliphatic heterocycles. The predicted octanol–water partition coefficient (Wildman–Crippen LogP) is 2.03. The van der Waals surface area contributed by atoms with Crippen molar-refractivity contribution in [2.45, 2.75) is 25.8 Å². The predicted molar refractivity (Wildman–Crippen MR) is 69.7 cm³/mol.